The zero-order valence-corrected chi connectivity index (χ0v) is 10.4. The molecule has 1 aliphatic rings. The Morgan fingerprint density at radius 1 is 1.50 bits per heavy atom. The lowest BCUT2D eigenvalue weighted by Crippen LogP contribution is -2.28. The third-order valence-electron chi connectivity index (χ3n) is 3.01. The summed E-state index contributed by atoms with van der Waals surface area (Å²) in [6.45, 7) is 3.98. The Kier molecular flexibility index (Phi) is 4.08. The van der Waals surface area contributed by atoms with Gasteiger partial charge in [-0.3, -0.25) is 0 Å². The first-order chi connectivity index (χ1) is 7.79. The van der Waals surface area contributed by atoms with Crippen LogP contribution in [0.5, 0.6) is 5.75 Å². The van der Waals surface area contributed by atoms with E-state index in [0.29, 0.717) is 6.04 Å². The van der Waals surface area contributed by atoms with Gasteiger partial charge >= 0.3 is 0 Å². The van der Waals surface area contributed by atoms with Gasteiger partial charge in [-0.05, 0) is 49.6 Å². The number of hydrogen-bond acceptors (Lipinski definition) is 2. The van der Waals surface area contributed by atoms with Crippen molar-refractivity contribution in [3.8, 4) is 5.75 Å². The van der Waals surface area contributed by atoms with Crippen molar-refractivity contribution < 1.29 is 4.74 Å². The number of rotatable bonds is 4. The summed E-state index contributed by atoms with van der Waals surface area (Å²) in [5.74, 6) is 0.926. The summed E-state index contributed by atoms with van der Waals surface area (Å²) in [6.07, 6.45) is 3.42. The summed E-state index contributed by atoms with van der Waals surface area (Å²) in [5.41, 5.74) is 1.15. The Morgan fingerprint density at radius 3 is 3.06 bits per heavy atom. The normalized spacial score (nSPS) is 20.0. The zero-order chi connectivity index (χ0) is 11.4. The Balaban J connectivity index is 1.93. The fourth-order valence-electron chi connectivity index (χ4n) is 2.01. The van der Waals surface area contributed by atoms with Gasteiger partial charge in [-0.15, -0.1) is 0 Å². The van der Waals surface area contributed by atoms with Gasteiger partial charge in [-0.2, -0.15) is 0 Å². The molecule has 0 amide bonds. The van der Waals surface area contributed by atoms with Gasteiger partial charge in [-0.25, -0.2) is 0 Å². The monoisotopic (exact) mass is 239 g/mol. The number of ether oxygens (including phenoxy) is 1. The largest absolute Gasteiger partial charge is 0.492 e. The molecule has 0 bridgehead atoms. The van der Waals surface area contributed by atoms with Crippen LogP contribution in [0.3, 0.4) is 0 Å². The van der Waals surface area contributed by atoms with E-state index in [1.54, 1.807) is 0 Å². The van der Waals surface area contributed by atoms with Crippen molar-refractivity contribution in [3.05, 3.63) is 28.8 Å². The molecule has 0 spiro atoms. The lowest BCUT2D eigenvalue weighted by atomic mass is 10.1. The van der Waals surface area contributed by atoms with Gasteiger partial charge in [0.25, 0.3) is 0 Å². The maximum absolute atomic E-state index is 6.06. The predicted molar refractivity (Wildman–Crippen MR) is 67.3 cm³/mol. The van der Waals surface area contributed by atoms with Gasteiger partial charge in [0.1, 0.15) is 12.4 Å². The van der Waals surface area contributed by atoms with Crippen LogP contribution in [-0.2, 0) is 6.42 Å². The molecule has 0 radical (unpaired) electrons. The molecule has 1 aromatic rings. The molecule has 1 unspecified atom stereocenters. The molecule has 3 heteroatoms. The van der Waals surface area contributed by atoms with Gasteiger partial charge < -0.3 is 10.1 Å². The molecule has 1 aliphatic heterocycles. The number of benzene rings is 1. The molecule has 1 fully saturated rings. The SMILES string of the molecule is CCc1cc(OCC2CCCN2)ccc1Cl. The van der Waals surface area contributed by atoms with Gasteiger partial charge in [-0.1, -0.05) is 18.5 Å². The van der Waals surface area contributed by atoms with Crippen LogP contribution in [0, 0.1) is 0 Å². The molecule has 2 rings (SSSR count). The smallest absolute Gasteiger partial charge is 0.119 e. The second-order valence-electron chi connectivity index (χ2n) is 4.21. The lowest BCUT2D eigenvalue weighted by molar-refractivity contribution is 0.277. The van der Waals surface area contributed by atoms with Crippen molar-refractivity contribution in [2.75, 3.05) is 13.2 Å². The average molecular weight is 240 g/mol. The van der Waals surface area contributed by atoms with E-state index >= 15 is 0 Å². The van der Waals surface area contributed by atoms with E-state index in [1.807, 2.05) is 18.2 Å². The second-order valence-corrected chi connectivity index (χ2v) is 4.62. The summed E-state index contributed by atoms with van der Waals surface area (Å²) in [4.78, 5) is 0. The van der Waals surface area contributed by atoms with Crippen LogP contribution in [0.25, 0.3) is 0 Å². The van der Waals surface area contributed by atoms with Crippen LogP contribution < -0.4 is 10.1 Å². The van der Waals surface area contributed by atoms with E-state index < -0.39 is 0 Å². The summed E-state index contributed by atoms with van der Waals surface area (Å²) >= 11 is 6.06. The van der Waals surface area contributed by atoms with Crippen LogP contribution >= 0.6 is 11.6 Å². The van der Waals surface area contributed by atoms with Crippen molar-refractivity contribution in [2.45, 2.75) is 32.2 Å². The second kappa shape index (κ2) is 5.55. The molecule has 16 heavy (non-hydrogen) atoms. The Hall–Kier alpha value is -0.730. The summed E-state index contributed by atoms with van der Waals surface area (Å²) < 4.78 is 5.77. The summed E-state index contributed by atoms with van der Waals surface area (Å²) in [6, 6.07) is 6.41. The highest BCUT2D eigenvalue weighted by Crippen LogP contribution is 2.22. The van der Waals surface area contributed by atoms with Crippen molar-refractivity contribution >= 4 is 11.6 Å². The first kappa shape index (κ1) is 11.7. The van der Waals surface area contributed by atoms with E-state index in [4.69, 9.17) is 16.3 Å². The van der Waals surface area contributed by atoms with Gasteiger partial charge in [0.2, 0.25) is 0 Å². The molecule has 1 aromatic carbocycles. The molecule has 88 valence electrons. The highest BCUT2D eigenvalue weighted by atomic mass is 35.5. The molecule has 1 atom stereocenters. The maximum Gasteiger partial charge on any atom is 0.119 e. The molecule has 0 aromatic heterocycles. The van der Waals surface area contributed by atoms with Crippen molar-refractivity contribution in [2.24, 2.45) is 0 Å². The third kappa shape index (κ3) is 2.89. The van der Waals surface area contributed by atoms with Crippen LogP contribution in [0.1, 0.15) is 25.3 Å². The highest BCUT2D eigenvalue weighted by molar-refractivity contribution is 6.31. The van der Waals surface area contributed by atoms with Crippen molar-refractivity contribution in [3.63, 3.8) is 0 Å². The van der Waals surface area contributed by atoms with Crippen molar-refractivity contribution in [1.82, 2.24) is 5.32 Å². The fourth-order valence-corrected chi connectivity index (χ4v) is 2.26. The third-order valence-corrected chi connectivity index (χ3v) is 3.38. The van der Waals surface area contributed by atoms with Crippen LogP contribution in [-0.4, -0.2) is 19.2 Å². The Labute approximate surface area is 102 Å². The number of aryl methyl sites for hydroxylation is 1. The summed E-state index contributed by atoms with van der Waals surface area (Å²) in [7, 11) is 0. The van der Waals surface area contributed by atoms with Crippen LogP contribution in [0.2, 0.25) is 5.02 Å². The molecule has 0 aliphatic carbocycles. The van der Waals surface area contributed by atoms with E-state index in [2.05, 4.69) is 12.2 Å². The summed E-state index contributed by atoms with van der Waals surface area (Å²) in [5, 5.41) is 4.24. The van der Waals surface area contributed by atoms with Crippen LogP contribution in [0.15, 0.2) is 18.2 Å². The van der Waals surface area contributed by atoms with E-state index in [-0.39, 0.29) is 0 Å². The first-order valence-electron chi connectivity index (χ1n) is 5.94. The molecular formula is C13H18ClNO. The highest BCUT2D eigenvalue weighted by Gasteiger charge is 2.14. The number of hydrogen-bond donors (Lipinski definition) is 1. The topological polar surface area (TPSA) is 21.3 Å². The lowest BCUT2D eigenvalue weighted by Gasteiger charge is -2.13. The minimum Gasteiger partial charge on any atom is -0.492 e. The Bertz CT molecular complexity index is 348. The number of nitrogens with one attached hydrogen (secondary N) is 1. The molecular weight excluding hydrogens is 222 g/mol. The standard InChI is InChI=1S/C13H18ClNO/c1-2-10-8-12(5-6-13(10)14)16-9-11-4-3-7-15-11/h5-6,8,11,15H,2-4,7,9H2,1H3. The van der Waals surface area contributed by atoms with Gasteiger partial charge in [0.15, 0.2) is 0 Å². The van der Waals surface area contributed by atoms with Crippen LogP contribution in [0.4, 0.5) is 0 Å². The maximum atomic E-state index is 6.06. The minimum atomic E-state index is 0.515. The molecule has 1 saturated heterocycles. The quantitative estimate of drug-likeness (QED) is 0.872. The molecule has 0 saturated carbocycles. The van der Waals surface area contributed by atoms with E-state index in [1.165, 1.54) is 12.8 Å². The fraction of sp³-hybridized carbons (Fsp3) is 0.538. The number of halogens is 1. The minimum absolute atomic E-state index is 0.515. The zero-order valence-electron chi connectivity index (χ0n) is 9.63. The first-order valence-corrected chi connectivity index (χ1v) is 6.32. The van der Waals surface area contributed by atoms with Gasteiger partial charge in [0.05, 0.1) is 0 Å². The Morgan fingerprint density at radius 2 is 2.38 bits per heavy atom. The van der Waals surface area contributed by atoms with E-state index in [0.717, 1.165) is 35.9 Å². The van der Waals surface area contributed by atoms with E-state index in [9.17, 15) is 0 Å². The van der Waals surface area contributed by atoms with Gasteiger partial charge in [0, 0.05) is 11.1 Å². The molecule has 1 N–H and O–H groups in total. The molecule has 1 heterocycles. The van der Waals surface area contributed by atoms with Crippen molar-refractivity contribution in [1.29, 1.82) is 0 Å². The average Bonchev–Trinajstić information content (AvgIpc) is 2.81. The predicted octanol–water partition coefficient (Wildman–Crippen LogP) is 3.03. The molecule has 2 nitrogen and oxygen atoms in total.